The molecule has 1 aliphatic rings. The molecule has 2 aromatic rings. The summed E-state index contributed by atoms with van der Waals surface area (Å²) in [6.07, 6.45) is 5.61. The molecular formula is C17H21N5O. The van der Waals surface area contributed by atoms with Crippen molar-refractivity contribution in [3.63, 3.8) is 0 Å². The Hall–Kier alpha value is -2.47. The Balaban J connectivity index is 1.49. The summed E-state index contributed by atoms with van der Waals surface area (Å²) in [6.45, 7) is 3.83. The fourth-order valence-electron chi connectivity index (χ4n) is 2.60. The first-order chi connectivity index (χ1) is 11.3. The molecule has 0 saturated carbocycles. The topological polar surface area (TPSA) is 70.2 Å². The van der Waals surface area contributed by atoms with E-state index < -0.39 is 0 Å². The molecule has 1 aromatic heterocycles. The van der Waals surface area contributed by atoms with E-state index in [-0.39, 0.29) is 5.91 Å². The molecule has 0 unspecified atom stereocenters. The van der Waals surface area contributed by atoms with E-state index in [1.807, 2.05) is 30.3 Å². The lowest BCUT2D eigenvalue weighted by molar-refractivity contribution is 0.0949. The number of aromatic nitrogens is 2. The molecule has 2 heterocycles. The van der Waals surface area contributed by atoms with Crippen LogP contribution in [-0.2, 0) is 0 Å². The van der Waals surface area contributed by atoms with Crippen LogP contribution in [0.5, 0.6) is 0 Å². The van der Waals surface area contributed by atoms with E-state index in [0.29, 0.717) is 18.1 Å². The molecule has 1 aliphatic heterocycles. The summed E-state index contributed by atoms with van der Waals surface area (Å²) in [6, 6.07) is 9.68. The van der Waals surface area contributed by atoms with Gasteiger partial charge in [0.15, 0.2) is 0 Å². The predicted octanol–water partition coefficient (Wildman–Crippen LogP) is 2.05. The van der Waals surface area contributed by atoms with Gasteiger partial charge in [-0.2, -0.15) is 0 Å². The zero-order valence-corrected chi connectivity index (χ0v) is 13.0. The number of carbonyl (C=O) groups excluding carboxylic acids is 1. The van der Waals surface area contributed by atoms with Gasteiger partial charge in [-0.1, -0.05) is 18.2 Å². The largest absolute Gasteiger partial charge is 0.351 e. The minimum absolute atomic E-state index is 0.129. The predicted molar refractivity (Wildman–Crippen MR) is 89.8 cm³/mol. The van der Waals surface area contributed by atoms with E-state index >= 15 is 0 Å². The molecule has 1 fully saturated rings. The Bertz CT molecular complexity index is 623. The molecule has 1 saturated heterocycles. The fourth-order valence-corrected chi connectivity index (χ4v) is 2.60. The summed E-state index contributed by atoms with van der Waals surface area (Å²) in [5.41, 5.74) is 1.39. The lowest BCUT2D eigenvalue weighted by Gasteiger charge is -2.14. The Morgan fingerprint density at radius 2 is 1.78 bits per heavy atom. The highest BCUT2D eigenvalue weighted by molar-refractivity contribution is 5.93. The van der Waals surface area contributed by atoms with E-state index in [0.717, 1.165) is 25.3 Å². The van der Waals surface area contributed by atoms with Crippen molar-refractivity contribution in [1.82, 2.24) is 20.2 Å². The average molecular weight is 311 g/mol. The maximum absolute atomic E-state index is 12.1. The average Bonchev–Trinajstić information content (AvgIpc) is 3.10. The van der Waals surface area contributed by atoms with Crippen LogP contribution in [0.3, 0.4) is 0 Å². The van der Waals surface area contributed by atoms with Crippen LogP contribution in [0.15, 0.2) is 42.7 Å². The number of nitrogens with zero attached hydrogens (tertiary/aromatic N) is 3. The number of carbonyl (C=O) groups is 1. The second-order valence-corrected chi connectivity index (χ2v) is 5.59. The van der Waals surface area contributed by atoms with Gasteiger partial charge in [0.2, 0.25) is 5.95 Å². The smallest absolute Gasteiger partial charge is 0.254 e. The monoisotopic (exact) mass is 311 g/mol. The van der Waals surface area contributed by atoms with Crippen LogP contribution in [0.4, 0.5) is 11.6 Å². The van der Waals surface area contributed by atoms with E-state index in [1.54, 1.807) is 12.4 Å². The molecule has 0 aliphatic carbocycles. The first-order valence-corrected chi connectivity index (χ1v) is 7.96. The van der Waals surface area contributed by atoms with Crippen molar-refractivity contribution in [2.45, 2.75) is 12.8 Å². The van der Waals surface area contributed by atoms with E-state index in [4.69, 9.17) is 0 Å². The summed E-state index contributed by atoms with van der Waals surface area (Å²) >= 11 is 0. The van der Waals surface area contributed by atoms with Crippen molar-refractivity contribution in [2.24, 2.45) is 0 Å². The Morgan fingerprint density at radius 1 is 1.09 bits per heavy atom. The van der Waals surface area contributed by atoms with Crippen molar-refractivity contribution in [2.75, 3.05) is 31.5 Å². The van der Waals surface area contributed by atoms with Crippen LogP contribution in [0.2, 0.25) is 0 Å². The molecule has 0 spiro atoms. The second-order valence-electron chi connectivity index (χ2n) is 5.59. The third-order valence-corrected chi connectivity index (χ3v) is 3.86. The minimum atomic E-state index is -0.129. The number of likely N-dealkylation sites (tertiary alicyclic amines) is 1. The van der Waals surface area contributed by atoms with Crippen molar-refractivity contribution in [3.05, 3.63) is 48.3 Å². The zero-order chi connectivity index (χ0) is 15.9. The number of para-hydroxylation sites is 1. The number of benzene rings is 1. The molecule has 0 atom stereocenters. The Kier molecular flexibility index (Phi) is 5.16. The summed E-state index contributed by atoms with van der Waals surface area (Å²) in [5.74, 6) is 0.347. The molecule has 0 radical (unpaired) electrons. The van der Waals surface area contributed by atoms with Gasteiger partial charge in [-0.15, -0.1) is 0 Å². The number of hydrogen-bond acceptors (Lipinski definition) is 5. The molecule has 1 amide bonds. The maximum atomic E-state index is 12.1. The van der Waals surface area contributed by atoms with Crippen LogP contribution in [0.1, 0.15) is 23.2 Å². The quantitative estimate of drug-likeness (QED) is 0.854. The first-order valence-electron chi connectivity index (χ1n) is 7.96. The van der Waals surface area contributed by atoms with Gasteiger partial charge in [-0.25, -0.2) is 9.97 Å². The fraction of sp³-hybridized carbons (Fsp3) is 0.353. The number of amides is 1. The molecule has 6 nitrogen and oxygen atoms in total. The van der Waals surface area contributed by atoms with Crippen molar-refractivity contribution in [3.8, 4) is 0 Å². The van der Waals surface area contributed by atoms with Crippen LogP contribution in [-0.4, -0.2) is 47.0 Å². The van der Waals surface area contributed by atoms with Gasteiger partial charge in [0.1, 0.15) is 0 Å². The molecular weight excluding hydrogens is 290 g/mol. The Morgan fingerprint density at radius 3 is 2.48 bits per heavy atom. The van der Waals surface area contributed by atoms with E-state index in [1.165, 1.54) is 12.8 Å². The van der Waals surface area contributed by atoms with Crippen LogP contribution >= 0.6 is 0 Å². The molecule has 1 aromatic carbocycles. The Labute approximate surface area is 135 Å². The van der Waals surface area contributed by atoms with Gasteiger partial charge in [-0.05, 0) is 38.1 Å². The van der Waals surface area contributed by atoms with Crippen molar-refractivity contribution < 1.29 is 4.79 Å². The summed E-state index contributed by atoms with van der Waals surface area (Å²) in [4.78, 5) is 22.8. The number of rotatable bonds is 6. The SMILES string of the molecule is O=C(NCCN1CCCC1)c1cnc(Nc2ccccc2)nc1. The number of anilines is 2. The maximum Gasteiger partial charge on any atom is 0.254 e. The second kappa shape index (κ2) is 7.69. The van der Waals surface area contributed by atoms with Gasteiger partial charge in [0, 0.05) is 31.2 Å². The summed E-state index contributed by atoms with van der Waals surface area (Å²) in [7, 11) is 0. The number of nitrogens with one attached hydrogen (secondary N) is 2. The van der Waals surface area contributed by atoms with Crippen molar-refractivity contribution >= 4 is 17.5 Å². The highest BCUT2D eigenvalue weighted by Crippen LogP contribution is 2.11. The van der Waals surface area contributed by atoms with Crippen LogP contribution < -0.4 is 10.6 Å². The number of hydrogen-bond donors (Lipinski definition) is 2. The highest BCUT2D eigenvalue weighted by Gasteiger charge is 2.12. The van der Waals surface area contributed by atoms with Crippen LogP contribution in [0, 0.1) is 0 Å². The lowest BCUT2D eigenvalue weighted by atomic mass is 10.3. The standard InChI is InChI=1S/C17H21N5O/c23-16(18-8-11-22-9-4-5-10-22)14-12-19-17(20-13-14)21-15-6-2-1-3-7-15/h1-3,6-7,12-13H,4-5,8-11H2,(H,18,23)(H,19,20,21). The zero-order valence-electron chi connectivity index (χ0n) is 13.0. The summed E-state index contributed by atoms with van der Waals surface area (Å²) in [5, 5.41) is 6.00. The van der Waals surface area contributed by atoms with Gasteiger partial charge < -0.3 is 15.5 Å². The molecule has 3 rings (SSSR count). The first kappa shape index (κ1) is 15.4. The van der Waals surface area contributed by atoms with Gasteiger partial charge >= 0.3 is 0 Å². The third-order valence-electron chi connectivity index (χ3n) is 3.86. The summed E-state index contributed by atoms with van der Waals surface area (Å²) < 4.78 is 0. The minimum Gasteiger partial charge on any atom is -0.351 e. The highest BCUT2D eigenvalue weighted by atomic mass is 16.1. The van der Waals surface area contributed by atoms with Crippen molar-refractivity contribution in [1.29, 1.82) is 0 Å². The molecule has 120 valence electrons. The van der Waals surface area contributed by atoms with Crippen LogP contribution in [0.25, 0.3) is 0 Å². The molecule has 2 N–H and O–H groups in total. The molecule has 23 heavy (non-hydrogen) atoms. The lowest BCUT2D eigenvalue weighted by Crippen LogP contribution is -2.33. The van der Waals surface area contributed by atoms with Gasteiger partial charge in [-0.3, -0.25) is 4.79 Å². The molecule has 6 heteroatoms. The normalized spacial score (nSPS) is 14.6. The third kappa shape index (κ3) is 4.50. The van der Waals surface area contributed by atoms with E-state index in [9.17, 15) is 4.79 Å². The van der Waals surface area contributed by atoms with E-state index in [2.05, 4.69) is 25.5 Å². The molecule has 0 bridgehead atoms. The van der Waals surface area contributed by atoms with Gasteiger partial charge in [0.05, 0.1) is 5.56 Å². The van der Waals surface area contributed by atoms with Gasteiger partial charge in [0.25, 0.3) is 5.91 Å².